The fraction of sp³-hybridized carbons (Fsp3) is 0.300. The average Bonchev–Trinajstić information content (AvgIpc) is 2.91. The number of rotatable bonds is 9. The van der Waals surface area contributed by atoms with Gasteiger partial charge in [-0.25, -0.2) is 9.37 Å². The summed E-state index contributed by atoms with van der Waals surface area (Å²) in [7, 11) is 3.89. The molecule has 37 heavy (non-hydrogen) atoms. The Bertz CT molecular complexity index is 1430. The lowest BCUT2D eigenvalue weighted by atomic mass is 10.1. The first-order chi connectivity index (χ1) is 17.8. The summed E-state index contributed by atoms with van der Waals surface area (Å²) >= 11 is 0. The standard InChI is InChI=1S/C30H33FN4O2/c1-5-21-11-17-24(18-12-21)35-28(32-26-10-8-7-9-25(26)30(35)37)27(6-2)34(20-19-33(3)4)29(36)22-13-15-23(31)16-14-22/h7-18,27H,5-6,19-20H2,1-4H3. The van der Waals surface area contributed by atoms with E-state index in [1.807, 2.05) is 68.4 Å². The molecule has 0 saturated carbocycles. The summed E-state index contributed by atoms with van der Waals surface area (Å²) in [5.41, 5.74) is 2.67. The fourth-order valence-corrected chi connectivity index (χ4v) is 4.51. The third-order valence-electron chi connectivity index (χ3n) is 6.61. The molecule has 6 nitrogen and oxygen atoms in total. The van der Waals surface area contributed by atoms with Crippen molar-refractivity contribution >= 4 is 16.8 Å². The van der Waals surface area contributed by atoms with Gasteiger partial charge in [-0.2, -0.15) is 0 Å². The molecule has 1 aromatic heterocycles. The molecule has 1 amide bonds. The van der Waals surface area contributed by atoms with Crippen molar-refractivity contribution in [1.29, 1.82) is 0 Å². The van der Waals surface area contributed by atoms with Crippen LogP contribution in [0.1, 0.15) is 48.1 Å². The molecule has 1 heterocycles. The highest BCUT2D eigenvalue weighted by atomic mass is 19.1. The molecule has 4 aromatic rings. The van der Waals surface area contributed by atoms with E-state index in [1.54, 1.807) is 15.5 Å². The van der Waals surface area contributed by atoms with Crippen LogP contribution < -0.4 is 5.56 Å². The second kappa shape index (κ2) is 11.5. The second-order valence-corrected chi connectivity index (χ2v) is 9.38. The van der Waals surface area contributed by atoms with Crippen molar-refractivity contribution in [1.82, 2.24) is 19.4 Å². The first-order valence-corrected chi connectivity index (χ1v) is 12.7. The number of hydrogen-bond donors (Lipinski definition) is 0. The molecule has 0 bridgehead atoms. The lowest BCUT2D eigenvalue weighted by Crippen LogP contribution is -2.41. The molecule has 0 aliphatic heterocycles. The highest BCUT2D eigenvalue weighted by Crippen LogP contribution is 2.27. The number of fused-ring (bicyclic) bond motifs is 1. The van der Waals surface area contributed by atoms with Gasteiger partial charge < -0.3 is 9.80 Å². The summed E-state index contributed by atoms with van der Waals surface area (Å²) in [6.07, 6.45) is 1.43. The van der Waals surface area contributed by atoms with Crippen molar-refractivity contribution in [2.45, 2.75) is 32.7 Å². The number of amides is 1. The summed E-state index contributed by atoms with van der Waals surface area (Å²) in [5.74, 6) is -0.127. The highest BCUT2D eigenvalue weighted by molar-refractivity contribution is 5.94. The fourth-order valence-electron chi connectivity index (χ4n) is 4.51. The quantitative estimate of drug-likeness (QED) is 0.315. The molecule has 0 fully saturated rings. The summed E-state index contributed by atoms with van der Waals surface area (Å²) in [6, 6.07) is 20.2. The number of benzene rings is 3. The van der Waals surface area contributed by atoms with Gasteiger partial charge in [-0.1, -0.05) is 38.1 Å². The van der Waals surface area contributed by atoms with Gasteiger partial charge >= 0.3 is 0 Å². The molecule has 4 rings (SSSR count). The normalized spacial score (nSPS) is 12.2. The van der Waals surface area contributed by atoms with Gasteiger partial charge in [0.05, 0.1) is 22.6 Å². The van der Waals surface area contributed by atoms with E-state index >= 15 is 0 Å². The Morgan fingerprint density at radius 3 is 2.24 bits per heavy atom. The van der Waals surface area contributed by atoms with Gasteiger partial charge in [0.25, 0.3) is 11.5 Å². The monoisotopic (exact) mass is 500 g/mol. The van der Waals surface area contributed by atoms with Crippen molar-refractivity contribution in [3.8, 4) is 5.69 Å². The smallest absolute Gasteiger partial charge is 0.266 e. The average molecular weight is 501 g/mol. The highest BCUT2D eigenvalue weighted by Gasteiger charge is 2.29. The first-order valence-electron chi connectivity index (χ1n) is 12.7. The number of likely N-dealkylation sites (N-methyl/N-ethyl adjacent to an activating group) is 1. The van der Waals surface area contributed by atoms with Crippen LogP contribution in [0.15, 0.2) is 77.6 Å². The van der Waals surface area contributed by atoms with E-state index in [-0.39, 0.29) is 11.5 Å². The summed E-state index contributed by atoms with van der Waals surface area (Å²) in [5, 5.41) is 0.519. The zero-order valence-corrected chi connectivity index (χ0v) is 21.8. The van der Waals surface area contributed by atoms with Crippen LogP contribution in [0.4, 0.5) is 4.39 Å². The van der Waals surface area contributed by atoms with Crippen LogP contribution in [0, 0.1) is 5.82 Å². The predicted octanol–water partition coefficient (Wildman–Crippen LogP) is 5.24. The van der Waals surface area contributed by atoms with Gasteiger partial charge in [0, 0.05) is 18.7 Å². The van der Waals surface area contributed by atoms with Crippen LogP contribution in [0.25, 0.3) is 16.6 Å². The Hall–Kier alpha value is -3.84. The zero-order valence-electron chi connectivity index (χ0n) is 21.8. The molecule has 7 heteroatoms. The number of hydrogen-bond acceptors (Lipinski definition) is 4. The summed E-state index contributed by atoms with van der Waals surface area (Å²) in [6.45, 7) is 5.10. The Balaban J connectivity index is 1.92. The number of aromatic nitrogens is 2. The number of carbonyl (C=O) groups is 1. The van der Waals surface area contributed by atoms with E-state index < -0.39 is 11.9 Å². The lowest BCUT2D eigenvalue weighted by Gasteiger charge is -2.33. The lowest BCUT2D eigenvalue weighted by molar-refractivity contribution is 0.0644. The van der Waals surface area contributed by atoms with Gasteiger partial charge in [0.2, 0.25) is 0 Å². The van der Waals surface area contributed by atoms with E-state index in [2.05, 4.69) is 6.92 Å². The molecule has 0 saturated heterocycles. The number of nitrogens with zero attached hydrogens (tertiary/aromatic N) is 4. The van der Waals surface area contributed by atoms with Gasteiger partial charge in [-0.05, 0) is 81.0 Å². The topological polar surface area (TPSA) is 58.4 Å². The molecule has 1 atom stereocenters. The van der Waals surface area contributed by atoms with Crippen LogP contribution >= 0.6 is 0 Å². The van der Waals surface area contributed by atoms with Crippen LogP contribution in [0.2, 0.25) is 0 Å². The van der Waals surface area contributed by atoms with Crippen molar-refractivity contribution in [3.05, 3.63) is 106 Å². The molecule has 0 aliphatic rings. The minimum absolute atomic E-state index is 0.176. The maximum Gasteiger partial charge on any atom is 0.266 e. The molecule has 1 unspecified atom stereocenters. The maximum atomic E-state index is 13.9. The molecular weight excluding hydrogens is 467 g/mol. The van der Waals surface area contributed by atoms with Gasteiger partial charge in [0.15, 0.2) is 0 Å². The minimum Gasteiger partial charge on any atom is -0.327 e. The largest absolute Gasteiger partial charge is 0.327 e. The number of aryl methyl sites for hydroxylation is 1. The van der Waals surface area contributed by atoms with E-state index in [1.165, 1.54) is 29.8 Å². The van der Waals surface area contributed by atoms with Crippen LogP contribution in [0.3, 0.4) is 0 Å². The Morgan fingerprint density at radius 1 is 0.946 bits per heavy atom. The first kappa shape index (κ1) is 26.2. The SMILES string of the molecule is CCc1ccc(-n2c(C(CC)N(CCN(C)C)C(=O)c3ccc(F)cc3)nc3ccccc3c2=O)cc1. The maximum absolute atomic E-state index is 13.9. The van der Waals surface area contributed by atoms with Crippen molar-refractivity contribution in [2.75, 3.05) is 27.2 Å². The predicted molar refractivity (Wildman–Crippen MR) is 146 cm³/mol. The Morgan fingerprint density at radius 2 is 1.62 bits per heavy atom. The number of carbonyl (C=O) groups excluding carboxylic acids is 1. The second-order valence-electron chi connectivity index (χ2n) is 9.38. The van der Waals surface area contributed by atoms with E-state index in [0.717, 1.165) is 6.42 Å². The zero-order chi connectivity index (χ0) is 26.5. The Kier molecular flexibility index (Phi) is 8.14. The van der Waals surface area contributed by atoms with Gasteiger partial charge in [0.1, 0.15) is 11.6 Å². The molecule has 0 N–H and O–H groups in total. The molecule has 0 aliphatic carbocycles. The third kappa shape index (κ3) is 5.62. The number of halogens is 1. The van der Waals surface area contributed by atoms with Crippen LogP contribution in [-0.2, 0) is 6.42 Å². The van der Waals surface area contributed by atoms with Crippen molar-refractivity contribution < 1.29 is 9.18 Å². The molecule has 192 valence electrons. The molecule has 0 radical (unpaired) electrons. The van der Waals surface area contributed by atoms with Crippen molar-refractivity contribution in [2.24, 2.45) is 0 Å². The van der Waals surface area contributed by atoms with Gasteiger partial charge in [-0.3, -0.25) is 14.2 Å². The minimum atomic E-state index is -0.485. The van der Waals surface area contributed by atoms with E-state index in [0.29, 0.717) is 47.5 Å². The molecular formula is C30H33FN4O2. The van der Waals surface area contributed by atoms with Gasteiger partial charge in [-0.15, -0.1) is 0 Å². The number of para-hydroxylation sites is 1. The molecule has 0 spiro atoms. The third-order valence-corrected chi connectivity index (χ3v) is 6.61. The summed E-state index contributed by atoms with van der Waals surface area (Å²) < 4.78 is 15.2. The van der Waals surface area contributed by atoms with Crippen molar-refractivity contribution in [3.63, 3.8) is 0 Å². The summed E-state index contributed by atoms with van der Waals surface area (Å²) in [4.78, 5) is 36.4. The van der Waals surface area contributed by atoms with Crippen LogP contribution in [-0.4, -0.2) is 52.4 Å². The Labute approximate surface area is 217 Å². The van der Waals surface area contributed by atoms with E-state index in [9.17, 15) is 14.0 Å². The van der Waals surface area contributed by atoms with Crippen LogP contribution in [0.5, 0.6) is 0 Å². The van der Waals surface area contributed by atoms with E-state index in [4.69, 9.17) is 4.98 Å². The molecule has 3 aromatic carbocycles.